The molecule has 0 bridgehead atoms. The van der Waals surface area contributed by atoms with Gasteiger partial charge < -0.3 is 5.32 Å². The summed E-state index contributed by atoms with van der Waals surface area (Å²) >= 11 is 8.92. The highest BCUT2D eigenvalue weighted by molar-refractivity contribution is 9.10. The van der Waals surface area contributed by atoms with E-state index in [-0.39, 0.29) is 5.78 Å². The van der Waals surface area contributed by atoms with Gasteiger partial charge >= 0.3 is 0 Å². The molecule has 0 fully saturated rings. The van der Waals surface area contributed by atoms with E-state index in [4.69, 9.17) is 11.6 Å². The van der Waals surface area contributed by atoms with Crippen LogP contribution in [-0.2, 0) is 0 Å². The molecule has 2 aromatic carbocycles. The molecule has 2 aromatic rings. The van der Waals surface area contributed by atoms with Crippen molar-refractivity contribution in [3.8, 4) is 0 Å². The SMILES string of the molecule is O=C(/C=C/Nc1ccc(Br)cc1F)c1ccc(Cl)cc1. The Labute approximate surface area is 129 Å². The first-order valence-corrected chi connectivity index (χ1v) is 6.91. The Morgan fingerprint density at radius 3 is 2.55 bits per heavy atom. The van der Waals surface area contributed by atoms with Crippen LogP contribution < -0.4 is 5.32 Å². The van der Waals surface area contributed by atoms with E-state index in [0.29, 0.717) is 20.7 Å². The highest BCUT2D eigenvalue weighted by atomic mass is 79.9. The number of rotatable bonds is 4. The zero-order chi connectivity index (χ0) is 14.5. The van der Waals surface area contributed by atoms with Crippen molar-refractivity contribution >= 4 is 39.0 Å². The van der Waals surface area contributed by atoms with Crippen molar-refractivity contribution in [2.24, 2.45) is 0 Å². The molecular weight excluding hydrogens is 345 g/mol. The van der Waals surface area contributed by atoms with Crippen molar-refractivity contribution in [1.29, 1.82) is 0 Å². The minimum atomic E-state index is -0.400. The van der Waals surface area contributed by atoms with Gasteiger partial charge in [0.05, 0.1) is 5.69 Å². The summed E-state index contributed by atoms with van der Waals surface area (Å²) in [7, 11) is 0. The van der Waals surface area contributed by atoms with E-state index in [9.17, 15) is 9.18 Å². The van der Waals surface area contributed by atoms with Crippen LogP contribution in [0.5, 0.6) is 0 Å². The number of benzene rings is 2. The quantitative estimate of drug-likeness (QED) is 0.615. The van der Waals surface area contributed by atoms with E-state index in [1.807, 2.05) is 0 Å². The highest BCUT2D eigenvalue weighted by Crippen LogP contribution is 2.19. The number of ketones is 1. The Morgan fingerprint density at radius 1 is 1.20 bits per heavy atom. The molecule has 0 heterocycles. The van der Waals surface area contributed by atoms with Crippen molar-refractivity contribution in [2.45, 2.75) is 0 Å². The number of halogens is 3. The third kappa shape index (κ3) is 3.92. The lowest BCUT2D eigenvalue weighted by Crippen LogP contribution is -1.97. The zero-order valence-corrected chi connectivity index (χ0v) is 12.6. The minimum absolute atomic E-state index is 0.188. The van der Waals surface area contributed by atoms with Crippen molar-refractivity contribution in [3.05, 3.63) is 75.6 Å². The Bertz CT molecular complexity index is 655. The molecule has 1 N–H and O–H groups in total. The van der Waals surface area contributed by atoms with Gasteiger partial charge in [0.2, 0.25) is 0 Å². The largest absolute Gasteiger partial charge is 0.359 e. The van der Waals surface area contributed by atoms with Crippen LogP contribution >= 0.6 is 27.5 Å². The van der Waals surface area contributed by atoms with E-state index in [1.54, 1.807) is 36.4 Å². The summed E-state index contributed by atoms with van der Waals surface area (Å²) in [5.41, 5.74) is 0.817. The normalized spacial score (nSPS) is 10.8. The molecule has 0 spiro atoms. The maximum absolute atomic E-state index is 13.5. The van der Waals surface area contributed by atoms with Gasteiger partial charge in [0, 0.05) is 27.3 Å². The van der Waals surface area contributed by atoms with Crippen LogP contribution in [0.1, 0.15) is 10.4 Å². The summed E-state index contributed by atoms with van der Waals surface area (Å²) in [6.07, 6.45) is 2.74. The molecule has 0 saturated heterocycles. The van der Waals surface area contributed by atoms with Gasteiger partial charge in [-0.05, 0) is 42.5 Å². The number of nitrogens with one attached hydrogen (secondary N) is 1. The molecule has 0 aliphatic heterocycles. The van der Waals surface area contributed by atoms with Gasteiger partial charge in [-0.1, -0.05) is 27.5 Å². The molecule has 0 radical (unpaired) electrons. The van der Waals surface area contributed by atoms with Crippen LogP contribution in [0.15, 0.2) is 59.2 Å². The summed E-state index contributed by atoms with van der Waals surface area (Å²) in [5, 5.41) is 3.30. The van der Waals surface area contributed by atoms with E-state index >= 15 is 0 Å². The van der Waals surface area contributed by atoms with E-state index in [2.05, 4.69) is 21.2 Å². The first-order chi connectivity index (χ1) is 9.56. The van der Waals surface area contributed by atoms with Gasteiger partial charge in [0.25, 0.3) is 0 Å². The summed E-state index contributed by atoms with van der Waals surface area (Å²) in [5.74, 6) is -0.588. The smallest absolute Gasteiger partial charge is 0.187 e. The zero-order valence-electron chi connectivity index (χ0n) is 10.2. The molecule has 0 atom stereocenters. The molecule has 102 valence electrons. The van der Waals surface area contributed by atoms with Crippen LogP contribution in [0.2, 0.25) is 5.02 Å². The van der Waals surface area contributed by atoms with Crippen molar-refractivity contribution < 1.29 is 9.18 Å². The fourth-order valence-electron chi connectivity index (χ4n) is 1.52. The molecule has 0 amide bonds. The molecule has 5 heteroatoms. The molecule has 0 aliphatic carbocycles. The lowest BCUT2D eigenvalue weighted by atomic mass is 10.1. The maximum Gasteiger partial charge on any atom is 0.187 e. The van der Waals surface area contributed by atoms with Crippen LogP contribution in [0.25, 0.3) is 0 Å². The van der Waals surface area contributed by atoms with Gasteiger partial charge in [-0.15, -0.1) is 0 Å². The van der Waals surface area contributed by atoms with Gasteiger partial charge in [-0.2, -0.15) is 0 Å². The number of hydrogen-bond donors (Lipinski definition) is 1. The lowest BCUT2D eigenvalue weighted by molar-refractivity contribution is 0.104. The molecule has 20 heavy (non-hydrogen) atoms. The third-order valence-corrected chi connectivity index (χ3v) is 3.28. The number of carbonyl (C=O) groups excluding carboxylic acids is 1. The second-order valence-corrected chi connectivity index (χ2v) is 5.33. The molecule has 0 aliphatic rings. The number of carbonyl (C=O) groups is 1. The standard InChI is InChI=1S/C15H10BrClFNO/c16-11-3-6-14(13(18)9-11)19-8-7-15(20)10-1-4-12(17)5-2-10/h1-9,19H/b8-7+. The lowest BCUT2D eigenvalue weighted by Gasteiger charge is -2.02. The van der Waals surface area contributed by atoms with E-state index in [1.165, 1.54) is 18.3 Å². The fraction of sp³-hybridized carbons (Fsp3) is 0. The van der Waals surface area contributed by atoms with Crippen molar-refractivity contribution in [3.63, 3.8) is 0 Å². The van der Waals surface area contributed by atoms with Crippen LogP contribution in [0, 0.1) is 5.82 Å². The summed E-state index contributed by atoms with van der Waals surface area (Å²) < 4.78 is 14.2. The predicted octanol–water partition coefficient (Wildman–Crippen LogP) is 5.05. The topological polar surface area (TPSA) is 29.1 Å². The van der Waals surface area contributed by atoms with Crippen LogP contribution in [0.4, 0.5) is 10.1 Å². The van der Waals surface area contributed by atoms with Crippen LogP contribution in [-0.4, -0.2) is 5.78 Å². The fourth-order valence-corrected chi connectivity index (χ4v) is 1.98. The van der Waals surface area contributed by atoms with Gasteiger partial charge in [0.15, 0.2) is 5.78 Å². The summed E-state index contributed by atoms with van der Waals surface area (Å²) in [4.78, 5) is 11.8. The Hall–Kier alpha value is -1.65. The van der Waals surface area contributed by atoms with E-state index < -0.39 is 5.82 Å². The minimum Gasteiger partial charge on any atom is -0.359 e. The molecule has 0 aromatic heterocycles. The Balaban J connectivity index is 2.02. The van der Waals surface area contributed by atoms with Gasteiger partial charge in [-0.25, -0.2) is 4.39 Å². The summed E-state index contributed by atoms with van der Waals surface area (Å²) in [6.45, 7) is 0. The number of allylic oxidation sites excluding steroid dienone is 1. The number of hydrogen-bond acceptors (Lipinski definition) is 2. The number of anilines is 1. The van der Waals surface area contributed by atoms with Crippen molar-refractivity contribution in [2.75, 3.05) is 5.32 Å². The molecule has 0 unspecified atom stereocenters. The third-order valence-electron chi connectivity index (χ3n) is 2.53. The second-order valence-electron chi connectivity index (χ2n) is 3.97. The second kappa shape index (κ2) is 6.68. The molecule has 2 nitrogen and oxygen atoms in total. The first kappa shape index (κ1) is 14.8. The Kier molecular flexibility index (Phi) is 4.93. The predicted molar refractivity (Wildman–Crippen MR) is 82.6 cm³/mol. The summed E-state index contributed by atoms with van der Waals surface area (Å²) in [6, 6.07) is 11.2. The molecule has 0 saturated carbocycles. The first-order valence-electron chi connectivity index (χ1n) is 5.74. The average molecular weight is 355 g/mol. The highest BCUT2D eigenvalue weighted by Gasteiger charge is 2.02. The molecular formula is C15H10BrClFNO. The van der Waals surface area contributed by atoms with Gasteiger partial charge in [0.1, 0.15) is 5.82 Å². The molecule has 2 rings (SSSR count). The maximum atomic E-state index is 13.5. The Morgan fingerprint density at radius 2 is 1.90 bits per heavy atom. The van der Waals surface area contributed by atoms with Crippen LogP contribution in [0.3, 0.4) is 0 Å². The van der Waals surface area contributed by atoms with Crippen molar-refractivity contribution in [1.82, 2.24) is 0 Å². The van der Waals surface area contributed by atoms with Gasteiger partial charge in [-0.3, -0.25) is 4.79 Å². The monoisotopic (exact) mass is 353 g/mol. The van der Waals surface area contributed by atoms with E-state index in [0.717, 1.165) is 0 Å². The average Bonchev–Trinajstić information content (AvgIpc) is 2.42.